The van der Waals surface area contributed by atoms with Crippen LogP contribution in [0.1, 0.15) is 5.56 Å². The van der Waals surface area contributed by atoms with E-state index in [4.69, 9.17) is 0 Å². The molecule has 1 aromatic carbocycles. The third-order valence-corrected chi connectivity index (χ3v) is 2.09. The zero-order valence-electron chi connectivity index (χ0n) is 7.85. The van der Waals surface area contributed by atoms with Gasteiger partial charge >= 0.3 is 5.69 Å². The van der Waals surface area contributed by atoms with E-state index in [0.717, 1.165) is 0 Å². The first kappa shape index (κ1) is 9.57. The van der Waals surface area contributed by atoms with Crippen molar-refractivity contribution in [2.45, 2.75) is 13.0 Å². The Morgan fingerprint density at radius 2 is 2.20 bits per heavy atom. The third kappa shape index (κ3) is 2.09. The van der Waals surface area contributed by atoms with E-state index in [1.807, 2.05) is 0 Å². The van der Waals surface area contributed by atoms with E-state index in [1.165, 1.54) is 10.7 Å². The minimum atomic E-state index is -0.452. The van der Waals surface area contributed by atoms with Crippen LogP contribution in [0, 0.1) is 5.82 Å². The molecular formula is C9H9FN4O. The molecule has 6 heteroatoms. The van der Waals surface area contributed by atoms with Crippen LogP contribution in [-0.2, 0) is 13.0 Å². The smallest absolute Gasteiger partial charge is 0.242 e. The van der Waals surface area contributed by atoms with Gasteiger partial charge in [-0.2, -0.15) is 5.21 Å². The number of nitrogens with one attached hydrogen (secondary N) is 1. The van der Waals surface area contributed by atoms with Gasteiger partial charge in [-0.15, -0.1) is 0 Å². The number of aromatic nitrogens is 4. The van der Waals surface area contributed by atoms with Gasteiger partial charge in [0.05, 0.1) is 6.54 Å². The lowest BCUT2D eigenvalue weighted by Crippen LogP contribution is -2.19. The maximum absolute atomic E-state index is 13.2. The van der Waals surface area contributed by atoms with Crippen molar-refractivity contribution < 1.29 is 4.39 Å². The summed E-state index contributed by atoms with van der Waals surface area (Å²) >= 11 is 0. The number of rotatable bonds is 3. The van der Waals surface area contributed by atoms with Gasteiger partial charge in [0.2, 0.25) is 0 Å². The normalized spacial score (nSPS) is 10.5. The Hall–Kier alpha value is -1.98. The van der Waals surface area contributed by atoms with E-state index in [1.54, 1.807) is 18.2 Å². The molecule has 78 valence electrons. The molecule has 0 saturated carbocycles. The maximum atomic E-state index is 13.2. The van der Waals surface area contributed by atoms with E-state index >= 15 is 0 Å². The number of halogens is 1. The molecule has 0 amide bonds. The van der Waals surface area contributed by atoms with Gasteiger partial charge < -0.3 is 0 Å². The Balaban J connectivity index is 2.09. The van der Waals surface area contributed by atoms with Gasteiger partial charge in [0.15, 0.2) is 0 Å². The SMILES string of the molecule is O=c1nn[nH]n1CCc1ccccc1F. The zero-order valence-corrected chi connectivity index (χ0v) is 7.85. The predicted octanol–water partition coefficient (Wildman–Crippen LogP) is 0.348. The molecule has 1 heterocycles. The van der Waals surface area contributed by atoms with E-state index in [-0.39, 0.29) is 5.82 Å². The second kappa shape index (κ2) is 4.04. The molecule has 0 aliphatic heterocycles. The highest BCUT2D eigenvalue weighted by Gasteiger charge is 2.03. The number of nitrogens with zero attached hydrogens (tertiary/aromatic N) is 3. The molecule has 0 saturated heterocycles. The van der Waals surface area contributed by atoms with Crippen LogP contribution in [0.25, 0.3) is 0 Å². The van der Waals surface area contributed by atoms with Gasteiger partial charge in [-0.1, -0.05) is 23.3 Å². The predicted molar refractivity (Wildman–Crippen MR) is 50.7 cm³/mol. The molecule has 0 bridgehead atoms. The van der Waals surface area contributed by atoms with Crippen LogP contribution in [0.3, 0.4) is 0 Å². The van der Waals surface area contributed by atoms with Crippen molar-refractivity contribution in [1.82, 2.24) is 20.2 Å². The molecule has 1 aromatic heterocycles. The first-order chi connectivity index (χ1) is 7.27. The molecule has 0 unspecified atom stereocenters. The molecule has 2 aromatic rings. The summed E-state index contributed by atoms with van der Waals surface area (Å²) in [6.45, 7) is 0.340. The summed E-state index contributed by atoms with van der Waals surface area (Å²) in [5, 5.41) is 9.01. The molecule has 0 aliphatic rings. The Kier molecular flexibility index (Phi) is 2.57. The van der Waals surface area contributed by atoms with Gasteiger partial charge in [0.25, 0.3) is 0 Å². The largest absolute Gasteiger partial charge is 0.383 e. The third-order valence-electron chi connectivity index (χ3n) is 2.09. The highest BCUT2D eigenvalue weighted by atomic mass is 19.1. The Morgan fingerprint density at radius 3 is 2.87 bits per heavy atom. The van der Waals surface area contributed by atoms with Crippen LogP contribution in [0.4, 0.5) is 4.39 Å². The molecule has 0 radical (unpaired) electrons. The van der Waals surface area contributed by atoms with E-state index in [2.05, 4.69) is 15.5 Å². The monoisotopic (exact) mass is 208 g/mol. The Morgan fingerprint density at radius 1 is 1.40 bits per heavy atom. The number of H-pyrrole nitrogens is 1. The molecule has 15 heavy (non-hydrogen) atoms. The van der Waals surface area contributed by atoms with E-state index < -0.39 is 5.69 Å². The number of benzene rings is 1. The quantitative estimate of drug-likeness (QED) is 0.791. The van der Waals surface area contributed by atoms with E-state index in [9.17, 15) is 9.18 Å². The van der Waals surface area contributed by atoms with Crippen molar-refractivity contribution in [1.29, 1.82) is 0 Å². The highest BCUT2D eigenvalue weighted by molar-refractivity contribution is 5.17. The van der Waals surface area contributed by atoms with Crippen molar-refractivity contribution >= 4 is 0 Å². The molecule has 1 N–H and O–H groups in total. The summed E-state index contributed by atoms with van der Waals surface area (Å²) < 4.78 is 14.4. The second-order valence-electron chi connectivity index (χ2n) is 3.08. The van der Waals surface area contributed by atoms with Crippen molar-refractivity contribution in [2.24, 2.45) is 0 Å². The maximum Gasteiger partial charge on any atom is 0.383 e. The molecule has 0 atom stereocenters. The number of hydrogen-bond donors (Lipinski definition) is 1. The van der Waals surface area contributed by atoms with Crippen LogP contribution in [0.2, 0.25) is 0 Å². The average Bonchev–Trinajstić information content (AvgIpc) is 2.63. The molecule has 5 nitrogen and oxygen atoms in total. The van der Waals surface area contributed by atoms with Gasteiger partial charge in [0, 0.05) is 0 Å². The fraction of sp³-hybridized carbons (Fsp3) is 0.222. The summed E-state index contributed by atoms with van der Waals surface area (Å²) in [7, 11) is 0. The van der Waals surface area contributed by atoms with Crippen molar-refractivity contribution in [3.63, 3.8) is 0 Å². The summed E-state index contributed by atoms with van der Waals surface area (Å²) in [6.07, 6.45) is 0.427. The second-order valence-corrected chi connectivity index (χ2v) is 3.08. The summed E-state index contributed by atoms with van der Waals surface area (Å²) in [5.74, 6) is -0.266. The lowest BCUT2D eigenvalue weighted by molar-refractivity contribution is 0.550. The lowest BCUT2D eigenvalue weighted by Gasteiger charge is -2.01. The van der Waals surface area contributed by atoms with Crippen LogP contribution in [-0.4, -0.2) is 20.2 Å². The highest BCUT2D eigenvalue weighted by Crippen LogP contribution is 2.06. The van der Waals surface area contributed by atoms with Gasteiger partial charge in [0.1, 0.15) is 5.82 Å². The number of aryl methyl sites for hydroxylation is 2. The topological polar surface area (TPSA) is 63.6 Å². The summed E-state index contributed by atoms with van der Waals surface area (Å²) in [6, 6.07) is 6.46. The van der Waals surface area contributed by atoms with Crippen LogP contribution < -0.4 is 5.69 Å². The van der Waals surface area contributed by atoms with Crippen LogP contribution in [0.5, 0.6) is 0 Å². The van der Waals surface area contributed by atoms with Gasteiger partial charge in [-0.25, -0.2) is 13.9 Å². The molecular weight excluding hydrogens is 199 g/mol. The minimum Gasteiger partial charge on any atom is -0.242 e. The number of hydrogen-bond acceptors (Lipinski definition) is 3. The van der Waals surface area contributed by atoms with Crippen LogP contribution in [0.15, 0.2) is 29.1 Å². The number of aromatic amines is 1. The van der Waals surface area contributed by atoms with Crippen molar-refractivity contribution in [3.05, 3.63) is 46.1 Å². The molecule has 0 fully saturated rings. The van der Waals surface area contributed by atoms with E-state index in [0.29, 0.717) is 18.5 Å². The first-order valence-corrected chi connectivity index (χ1v) is 4.48. The Bertz CT molecular complexity index is 505. The van der Waals surface area contributed by atoms with Gasteiger partial charge in [-0.3, -0.25) is 0 Å². The first-order valence-electron chi connectivity index (χ1n) is 4.48. The van der Waals surface area contributed by atoms with Gasteiger partial charge in [-0.05, 0) is 23.3 Å². The lowest BCUT2D eigenvalue weighted by atomic mass is 10.1. The fourth-order valence-corrected chi connectivity index (χ4v) is 1.29. The fourth-order valence-electron chi connectivity index (χ4n) is 1.29. The van der Waals surface area contributed by atoms with Crippen molar-refractivity contribution in [3.8, 4) is 0 Å². The number of tetrazole rings is 1. The Labute approximate surface area is 84.5 Å². The molecule has 0 spiro atoms. The average molecular weight is 208 g/mol. The summed E-state index contributed by atoms with van der Waals surface area (Å²) in [4.78, 5) is 11.0. The standard InChI is InChI=1S/C9H9FN4O/c10-8-4-2-1-3-7(8)5-6-14-9(15)11-12-13-14/h1-4H,5-6H2,(H,11,13,15). The molecule has 2 rings (SSSR count). The van der Waals surface area contributed by atoms with Crippen LogP contribution >= 0.6 is 0 Å². The molecule has 0 aliphatic carbocycles. The summed E-state index contributed by atoms with van der Waals surface area (Å²) in [5.41, 5.74) is 0.116. The zero-order chi connectivity index (χ0) is 10.7. The minimum absolute atomic E-state index is 0.266. The van der Waals surface area contributed by atoms with Crippen molar-refractivity contribution in [2.75, 3.05) is 0 Å².